The first kappa shape index (κ1) is 22.0. The van der Waals surface area contributed by atoms with E-state index in [1.807, 2.05) is 54.6 Å². The Morgan fingerprint density at radius 1 is 0.800 bits per heavy atom. The fourth-order valence-electron chi connectivity index (χ4n) is 3.05. The van der Waals surface area contributed by atoms with Crippen LogP contribution < -0.4 is 9.46 Å². The molecule has 0 aliphatic carbocycles. The summed E-state index contributed by atoms with van der Waals surface area (Å²) in [6.45, 7) is 0.693. The quantitative estimate of drug-likeness (QED) is 0.496. The summed E-state index contributed by atoms with van der Waals surface area (Å²) in [6.07, 6.45) is 0. The molecule has 0 unspecified atom stereocenters. The van der Waals surface area contributed by atoms with Crippen LogP contribution in [0.15, 0.2) is 77.7 Å². The van der Waals surface area contributed by atoms with E-state index in [2.05, 4.69) is 4.72 Å². The number of hydrogen-bond acceptors (Lipinski definition) is 5. The van der Waals surface area contributed by atoms with Gasteiger partial charge in [-0.2, -0.15) is 4.72 Å². The molecule has 0 amide bonds. The minimum Gasteiger partial charge on any atom is -0.497 e. The third kappa shape index (κ3) is 5.46. The van der Waals surface area contributed by atoms with Gasteiger partial charge in [-0.05, 0) is 34.9 Å². The molecule has 0 aliphatic rings. The second kappa shape index (κ2) is 10.4. The lowest BCUT2D eigenvalue weighted by Gasteiger charge is -2.15. The standard InChI is InChI=1S/C23H25NO5S/c1-27-17-24-30(25,26)23-10-6-5-9-22(23)21-8-4-3-7-19(21)16-29-15-18-11-13-20(28-2)14-12-18/h3-14,24H,15-17H2,1-2H3. The molecule has 3 rings (SSSR count). The van der Waals surface area contributed by atoms with Crippen LogP contribution in [0.3, 0.4) is 0 Å². The lowest BCUT2D eigenvalue weighted by Crippen LogP contribution is -2.26. The molecule has 0 radical (unpaired) electrons. The highest BCUT2D eigenvalue weighted by Gasteiger charge is 2.20. The maximum atomic E-state index is 12.7. The third-order valence-electron chi connectivity index (χ3n) is 4.56. The lowest BCUT2D eigenvalue weighted by molar-refractivity contribution is 0.107. The van der Waals surface area contributed by atoms with Crippen molar-refractivity contribution in [3.8, 4) is 16.9 Å². The molecule has 0 saturated carbocycles. The third-order valence-corrected chi connectivity index (χ3v) is 6.00. The molecule has 0 aromatic heterocycles. The van der Waals surface area contributed by atoms with Gasteiger partial charge in [0.1, 0.15) is 12.5 Å². The number of rotatable bonds is 10. The van der Waals surface area contributed by atoms with Crippen molar-refractivity contribution >= 4 is 10.0 Å². The molecular formula is C23H25NO5S. The van der Waals surface area contributed by atoms with Crippen LogP contribution in [0.25, 0.3) is 11.1 Å². The van der Waals surface area contributed by atoms with Crippen LogP contribution in [0, 0.1) is 0 Å². The summed E-state index contributed by atoms with van der Waals surface area (Å²) in [5.74, 6) is 0.795. The smallest absolute Gasteiger partial charge is 0.243 e. The van der Waals surface area contributed by atoms with Gasteiger partial charge in [-0.25, -0.2) is 8.42 Å². The van der Waals surface area contributed by atoms with Gasteiger partial charge >= 0.3 is 0 Å². The summed E-state index contributed by atoms with van der Waals surface area (Å²) >= 11 is 0. The number of sulfonamides is 1. The molecule has 6 nitrogen and oxygen atoms in total. The highest BCUT2D eigenvalue weighted by molar-refractivity contribution is 7.89. The summed E-state index contributed by atoms with van der Waals surface area (Å²) in [4.78, 5) is 0.199. The van der Waals surface area contributed by atoms with Crippen molar-refractivity contribution in [3.05, 3.63) is 83.9 Å². The van der Waals surface area contributed by atoms with Crippen LogP contribution in [-0.4, -0.2) is 29.4 Å². The maximum Gasteiger partial charge on any atom is 0.243 e. The van der Waals surface area contributed by atoms with E-state index in [1.165, 1.54) is 7.11 Å². The summed E-state index contributed by atoms with van der Waals surface area (Å²) in [5, 5.41) is 0. The highest BCUT2D eigenvalue weighted by Crippen LogP contribution is 2.30. The van der Waals surface area contributed by atoms with Crippen molar-refractivity contribution in [2.75, 3.05) is 21.0 Å². The zero-order chi connectivity index (χ0) is 21.4. The van der Waals surface area contributed by atoms with Crippen LogP contribution in [0.4, 0.5) is 0 Å². The first-order chi connectivity index (χ1) is 14.5. The molecule has 0 spiro atoms. The number of nitrogens with one attached hydrogen (secondary N) is 1. The Morgan fingerprint density at radius 2 is 1.47 bits per heavy atom. The average molecular weight is 428 g/mol. The molecule has 0 aliphatic heterocycles. The van der Waals surface area contributed by atoms with Crippen molar-refractivity contribution in [1.29, 1.82) is 0 Å². The van der Waals surface area contributed by atoms with Crippen LogP contribution in [0.5, 0.6) is 5.75 Å². The van der Waals surface area contributed by atoms with E-state index in [1.54, 1.807) is 25.3 Å². The normalized spacial score (nSPS) is 11.4. The van der Waals surface area contributed by atoms with Gasteiger partial charge in [-0.15, -0.1) is 0 Å². The number of methoxy groups -OCH3 is 2. The van der Waals surface area contributed by atoms with Gasteiger partial charge in [-0.1, -0.05) is 54.6 Å². The van der Waals surface area contributed by atoms with E-state index in [4.69, 9.17) is 14.2 Å². The Labute approximate surface area is 177 Å². The van der Waals surface area contributed by atoms with E-state index in [0.717, 1.165) is 22.4 Å². The van der Waals surface area contributed by atoms with Gasteiger partial charge < -0.3 is 14.2 Å². The highest BCUT2D eigenvalue weighted by atomic mass is 32.2. The van der Waals surface area contributed by atoms with Gasteiger partial charge in [0.2, 0.25) is 10.0 Å². The van der Waals surface area contributed by atoms with Crippen LogP contribution in [0.2, 0.25) is 0 Å². The fraction of sp³-hybridized carbons (Fsp3) is 0.217. The minimum absolute atomic E-state index is 0.0940. The first-order valence-electron chi connectivity index (χ1n) is 9.41. The minimum atomic E-state index is -3.72. The molecule has 3 aromatic rings. The maximum absolute atomic E-state index is 12.7. The van der Waals surface area contributed by atoms with Crippen molar-refractivity contribution in [2.45, 2.75) is 18.1 Å². The SMILES string of the molecule is COCNS(=O)(=O)c1ccccc1-c1ccccc1COCc1ccc(OC)cc1. The number of hydrogen-bond donors (Lipinski definition) is 1. The Morgan fingerprint density at radius 3 is 2.17 bits per heavy atom. The monoisotopic (exact) mass is 427 g/mol. The molecule has 0 fully saturated rings. The zero-order valence-corrected chi connectivity index (χ0v) is 17.8. The largest absolute Gasteiger partial charge is 0.497 e. The topological polar surface area (TPSA) is 73.9 Å². The Balaban J connectivity index is 1.82. The van der Waals surface area contributed by atoms with Crippen molar-refractivity contribution < 1.29 is 22.6 Å². The lowest BCUT2D eigenvalue weighted by atomic mass is 10.00. The van der Waals surface area contributed by atoms with Gasteiger partial charge in [-0.3, -0.25) is 0 Å². The Kier molecular flexibility index (Phi) is 7.59. The predicted octanol–water partition coefficient (Wildman–Crippen LogP) is 3.96. The van der Waals surface area contributed by atoms with E-state index in [-0.39, 0.29) is 11.6 Å². The second-order valence-corrected chi connectivity index (χ2v) is 8.31. The fourth-order valence-corrected chi connectivity index (χ4v) is 4.20. The number of benzene rings is 3. The van der Waals surface area contributed by atoms with Crippen LogP contribution >= 0.6 is 0 Å². The molecule has 0 saturated heterocycles. The summed E-state index contributed by atoms with van der Waals surface area (Å²) in [6, 6.07) is 22.2. The molecule has 3 aromatic carbocycles. The molecule has 1 N–H and O–H groups in total. The van der Waals surface area contributed by atoms with E-state index in [9.17, 15) is 8.42 Å². The van der Waals surface area contributed by atoms with Crippen molar-refractivity contribution in [3.63, 3.8) is 0 Å². The molecule has 7 heteroatoms. The van der Waals surface area contributed by atoms with Gasteiger partial charge in [0, 0.05) is 12.7 Å². The molecule has 0 bridgehead atoms. The summed E-state index contributed by atoms with van der Waals surface area (Å²) in [7, 11) is -0.651. The van der Waals surface area contributed by atoms with Gasteiger partial charge in [0.25, 0.3) is 0 Å². The van der Waals surface area contributed by atoms with E-state index in [0.29, 0.717) is 18.8 Å². The van der Waals surface area contributed by atoms with E-state index >= 15 is 0 Å². The summed E-state index contributed by atoms with van der Waals surface area (Å²) < 4.78 is 43.8. The molecule has 0 heterocycles. The second-order valence-electron chi connectivity index (χ2n) is 6.57. The van der Waals surface area contributed by atoms with Crippen LogP contribution in [0.1, 0.15) is 11.1 Å². The molecular weight excluding hydrogens is 402 g/mol. The molecule has 158 valence electrons. The van der Waals surface area contributed by atoms with Crippen molar-refractivity contribution in [1.82, 2.24) is 4.72 Å². The van der Waals surface area contributed by atoms with Crippen LogP contribution in [-0.2, 0) is 32.7 Å². The average Bonchev–Trinajstić information content (AvgIpc) is 2.78. The first-order valence-corrected chi connectivity index (χ1v) is 10.9. The van der Waals surface area contributed by atoms with E-state index < -0.39 is 10.0 Å². The Bertz CT molecular complexity index is 1060. The van der Waals surface area contributed by atoms with Gasteiger partial charge in [0.05, 0.1) is 25.2 Å². The zero-order valence-electron chi connectivity index (χ0n) is 17.0. The molecule has 30 heavy (non-hydrogen) atoms. The summed E-state index contributed by atoms with van der Waals surface area (Å²) in [5.41, 5.74) is 3.36. The Hall–Kier alpha value is -2.71. The number of ether oxygens (including phenoxy) is 3. The molecule has 0 atom stereocenters. The van der Waals surface area contributed by atoms with Crippen molar-refractivity contribution in [2.24, 2.45) is 0 Å². The predicted molar refractivity (Wildman–Crippen MR) is 116 cm³/mol. The van der Waals surface area contributed by atoms with Gasteiger partial charge in [0.15, 0.2) is 0 Å².